The number of ether oxygens (including phenoxy) is 1. The van der Waals surface area contributed by atoms with Gasteiger partial charge in [0.2, 0.25) is 11.8 Å². The van der Waals surface area contributed by atoms with E-state index in [-0.39, 0.29) is 37.4 Å². The molecule has 32 heavy (non-hydrogen) atoms. The zero-order valence-corrected chi connectivity index (χ0v) is 20.7. The molecule has 1 fully saturated rings. The Morgan fingerprint density at radius 1 is 1.22 bits per heavy atom. The predicted octanol–water partition coefficient (Wildman–Crippen LogP) is 2.78. The first kappa shape index (κ1) is 25.0. The number of benzene rings is 1. The summed E-state index contributed by atoms with van der Waals surface area (Å²) < 4.78 is 7.06. The molecule has 1 aromatic rings. The summed E-state index contributed by atoms with van der Waals surface area (Å²) in [5, 5.41) is 23.2. The number of aliphatic hydroxyl groups is 2. The third-order valence-corrected chi connectivity index (χ3v) is 7.12. The summed E-state index contributed by atoms with van der Waals surface area (Å²) in [6.45, 7) is 1.82. The first-order valence-corrected chi connectivity index (χ1v) is 12.5. The lowest BCUT2D eigenvalue weighted by Crippen LogP contribution is -2.58. The third kappa shape index (κ3) is 6.02. The molecule has 0 spiro atoms. The van der Waals surface area contributed by atoms with Crippen molar-refractivity contribution < 1.29 is 24.5 Å². The van der Waals surface area contributed by atoms with Crippen molar-refractivity contribution in [1.82, 2.24) is 10.2 Å². The van der Waals surface area contributed by atoms with Gasteiger partial charge in [-0.1, -0.05) is 38.3 Å². The lowest BCUT2D eigenvalue weighted by molar-refractivity contribution is -0.142. The van der Waals surface area contributed by atoms with Gasteiger partial charge in [0.25, 0.3) is 0 Å². The summed E-state index contributed by atoms with van der Waals surface area (Å²) in [7, 11) is 0. The molecule has 7 nitrogen and oxygen atoms in total. The molecule has 3 rings (SSSR count). The van der Waals surface area contributed by atoms with E-state index >= 15 is 0 Å². The van der Waals surface area contributed by atoms with Crippen LogP contribution in [0.15, 0.2) is 35.9 Å². The maximum absolute atomic E-state index is 13.0. The van der Waals surface area contributed by atoms with Crippen molar-refractivity contribution in [3.63, 3.8) is 0 Å². The second kappa shape index (κ2) is 12.0. The van der Waals surface area contributed by atoms with Gasteiger partial charge in [0, 0.05) is 31.0 Å². The van der Waals surface area contributed by atoms with Gasteiger partial charge in [-0.05, 0) is 53.6 Å². The molecule has 2 aliphatic rings. The van der Waals surface area contributed by atoms with E-state index in [1.165, 1.54) is 0 Å². The van der Waals surface area contributed by atoms with Gasteiger partial charge in [0.15, 0.2) is 0 Å². The summed E-state index contributed by atoms with van der Waals surface area (Å²) in [6, 6.07) is 7.02. The zero-order chi connectivity index (χ0) is 23.1. The Morgan fingerprint density at radius 3 is 2.59 bits per heavy atom. The van der Waals surface area contributed by atoms with E-state index in [9.17, 15) is 14.7 Å². The quantitative estimate of drug-likeness (QED) is 0.428. The summed E-state index contributed by atoms with van der Waals surface area (Å²) in [5.41, 5.74) is 0.467. The van der Waals surface area contributed by atoms with Crippen LogP contribution in [0.4, 0.5) is 0 Å². The number of hydrogen-bond acceptors (Lipinski definition) is 5. The summed E-state index contributed by atoms with van der Waals surface area (Å²) in [5.74, 6) is 0.307. The molecule has 0 aliphatic heterocycles. The molecule has 2 amide bonds. The average Bonchev–Trinajstić information content (AvgIpc) is 2.81. The molecule has 1 saturated carbocycles. The van der Waals surface area contributed by atoms with Crippen LogP contribution < -0.4 is 10.1 Å². The molecule has 3 atom stereocenters. The van der Waals surface area contributed by atoms with Crippen molar-refractivity contribution in [2.24, 2.45) is 0 Å². The lowest BCUT2D eigenvalue weighted by atomic mass is 9.85. The summed E-state index contributed by atoms with van der Waals surface area (Å²) >= 11 is 2.17. The average molecular weight is 556 g/mol. The molecule has 0 radical (unpaired) electrons. The minimum absolute atomic E-state index is 0.00833. The number of aliphatic hydroxyl groups excluding tert-OH is 2. The number of nitrogens with one attached hydrogen (secondary N) is 1. The highest BCUT2D eigenvalue weighted by molar-refractivity contribution is 14.1. The molecule has 1 aromatic carbocycles. The molecular formula is C24H33IN2O5. The number of amides is 2. The van der Waals surface area contributed by atoms with Crippen LogP contribution in [0.5, 0.6) is 5.75 Å². The normalized spacial score (nSPS) is 23.9. The molecule has 8 heteroatoms. The maximum atomic E-state index is 13.0. The topological polar surface area (TPSA) is 99.1 Å². The minimum atomic E-state index is -0.960. The highest BCUT2D eigenvalue weighted by atomic mass is 127. The molecule has 3 N–H and O–H groups in total. The lowest BCUT2D eigenvalue weighted by Gasteiger charge is -2.45. The van der Waals surface area contributed by atoms with Gasteiger partial charge in [-0.15, -0.1) is 0 Å². The summed E-state index contributed by atoms with van der Waals surface area (Å²) in [4.78, 5) is 27.7. The van der Waals surface area contributed by atoms with Crippen LogP contribution in [-0.2, 0) is 9.59 Å². The number of halogens is 1. The highest BCUT2D eigenvalue weighted by Gasteiger charge is 2.42. The van der Waals surface area contributed by atoms with Crippen molar-refractivity contribution in [1.29, 1.82) is 0 Å². The maximum Gasteiger partial charge on any atom is 0.247 e. The van der Waals surface area contributed by atoms with E-state index < -0.39 is 18.2 Å². The van der Waals surface area contributed by atoms with Gasteiger partial charge in [-0.25, -0.2) is 0 Å². The second-order valence-electron chi connectivity index (χ2n) is 8.39. The Labute approximate surface area is 203 Å². The van der Waals surface area contributed by atoms with E-state index in [0.29, 0.717) is 17.7 Å². The first-order chi connectivity index (χ1) is 15.5. The third-order valence-electron chi connectivity index (χ3n) is 6.23. The fraction of sp³-hybridized carbons (Fsp3) is 0.583. The van der Waals surface area contributed by atoms with E-state index in [2.05, 4.69) is 27.9 Å². The monoisotopic (exact) mass is 556 g/mol. The standard InChI is InChI=1S/C24H33IN2O5/c1-2-22(29)27(17-8-4-3-5-9-17)19-14-16(24(31)26-12-13-28)15-21(23(19)30)32-20-11-7-6-10-18(20)25/h6-7,10-11,15,17,19,21,23,28,30H,2-5,8-9,12-14H2,1H3,(H,26,31)/t19-,21+,23+/m1/s1. The molecule has 0 aromatic heterocycles. The fourth-order valence-corrected chi connectivity index (χ4v) is 5.15. The molecule has 0 saturated heterocycles. The Hall–Kier alpha value is -1.65. The zero-order valence-electron chi connectivity index (χ0n) is 18.5. The fourth-order valence-electron chi connectivity index (χ4n) is 4.64. The van der Waals surface area contributed by atoms with E-state index in [1.54, 1.807) is 6.08 Å². The van der Waals surface area contributed by atoms with Crippen LogP contribution in [0, 0.1) is 3.57 Å². The highest BCUT2D eigenvalue weighted by Crippen LogP contribution is 2.33. The smallest absolute Gasteiger partial charge is 0.247 e. The molecule has 0 heterocycles. The molecule has 2 aliphatic carbocycles. The van der Waals surface area contributed by atoms with Gasteiger partial charge in [0.1, 0.15) is 18.0 Å². The minimum Gasteiger partial charge on any atom is -0.482 e. The predicted molar refractivity (Wildman–Crippen MR) is 130 cm³/mol. The molecule has 0 bridgehead atoms. The van der Waals surface area contributed by atoms with E-state index in [4.69, 9.17) is 9.84 Å². The number of carbonyl (C=O) groups is 2. The summed E-state index contributed by atoms with van der Waals surface area (Å²) in [6.07, 6.45) is 5.63. The number of nitrogens with zero attached hydrogens (tertiary/aromatic N) is 1. The van der Waals surface area contributed by atoms with Gasteiger partial charge in [-0.2, -0.15) is 0 Å². The van der Waals surface area contributed by atoms with Crippen LogP contribution in [0.2, 0.25) is 0 Å². The van der Waals surface area contributed by atoms with Crippen LogP contribution in [0.1, 0.15) is 51.9 Å². The van der Waals surface area contributed by atoms with Crippen molar-refractivity contribution >= 4 is 34.4 Å². The van der Waals surface area contributed by atoms with Gasteiger partial charge in [0.05, 0.1) is 16.2 Å². The molecule has 176 valence electrons. The number of rotatable bonds is 8. The van der Waals surface area contributed by atoms with Crippen LogP contribution in [0.3, 0.4) is 0 Å². The Balaban J connectivity index is 1.93. The van der Waals surface area contributed by atoms with Crippen molar-refractivity contribution in [2.75, 3.05) is 13.2 Å². The molecule has 0 unspecified atom stereocenters. The Morgan fingerprint density at radius 2 is 1.94 bits per heavy atom. The van der Waals surface area contributed by atoms with Crippen LogP contribution >= 0.6 is 22.6 Å². The van der Waals surface area contributed by atoms with Crippen LogP contribution in [0.25, 0.3) is 0 Å². The van der Waals surface area contributed by atoms with Gasteiger partial charge < -0.3 is 25.2 Å². The molecular weight excluding hydrogens is 523 g/mol. The Kier molecular flexibility index (Phi) is 9.36. The van der Waals surface area contributed by atoms with E-state index in [1.807, 2.05) is 36.1 Å². The van der Waals surface area contributed by atoms with E-state index in [0.717, 1.165) is 35.7 Å². The first-order valence-electron chi connectivity index (χ1n) is 11.5. The number of hydrogen-bond donors (Lipinski definition) is 3. The van der Waals surface area contributed by atoms with Crippen molar-refractivity contribution in [2.45, 2.75) is 76.2 Å². The van der Waals surface area contributed by atoms with Gasteiger partial charge >= 0.3 is 0 Å². The van der Waals surface area contributed by atoms with Crippen molar-refractivity contribution in [3.05, 3.63) is 39.5 Å². The largest absolute Gasteiger partial charge is 0.482 e. The van der Waals surface area contributed by atoms with Crippen LogP contribution in [-0.4, -0.2) is 64.4 Å². The Bertz CT molecular complexity index is 824. The SMILES string of the molecule is CCC(=O)N(C1CCCCC1)[C@@H]1CC(C(=O)NCCO)=C[C@H](Oc2ccccc2I)[C@H]1O. The van der Waals surface area contributed by atoms with Crippen molar-refractivity contribution in [3.8, 4) is 5.75 Å². The second-order valence-corrected chi connectivity index (χ2v) is 9.55. The van der Waals surface area contributed by atoms with Gasteiger partial charge in [-0.3, -0.25) is 9.59 Å². The number of carbonyl (C=O) groups excluding carboxylic acids is 2. The number of para-hydroxylation sites is 1.